The topological polar surface area (TPSA) is 27.6 Å². The van der Waals surface area contributed by atoms with E-state index in [1.165, 1.54) is 0 Å². The van der Waals surface area contributed by atoms with E-state index in [9.17, 15) is 0 Å². The Balaban J connectivity index is 2.42. The van der Waals surface area contributed by atoms with E-state index in [1.54, 1.807) is 0 Å². The minimum atomic E-state index is 0.912. The Kier molecular flexibility index (Phi) is 5.19. The van der Waals surface area contributed by atoms with Gasteiger partial charge in [-0.2, -0.15) is 0 Å². The zero-order valence-corrected chi connectivity index (χ0v) is 8.87. The number of hydrogen-bond acceptors (Lipinski definition) is 3. The van der Waals surface area contributed by atoms with Gasteiger partial charge in [-0.25, -0.2) is 0 Å². The van der Waals surface area contributed by atoms with Gasteiger partial charge in [-0.15, -0.1) is 0 Å². The molecule has 1 saturated heterocycles. The van der Waals surface area contributed by atoms with Crippen LogP contribution in [0.4, 0.5) is 0 Å². The maximum Gasteiger partial charge on any atom is 0.0536 e. The van der Waals surface area contributed by atoms with E-state index in [0.717, 1.165) is 38.4 Å². The second kappa shape index (κ2) is 6.51. The number of piperazine rings is 1. The third-order valence-electron chi connectivity index (χ3n) is 2.28. The lowest BCUT2D eigenvalue weighted by molar-refractivity contribution is 0.259. The van der Waals surface area contributed by atoms with E-state index in [1.807, 2.05) is 25.2 Å². The standard InChI is InChI=1S/C11H19N3/c1-3-4-5-11(12-2)10-14-8-6-13-7-9-14/h3-5,13H,2,6-10H2,1H3/b4-3-,11-5-. The highest BCUT2D eigenvalue weighted by molar-refractivity contribution is 5.30. The highest BCUT2D eigenvalue weighted by Crippen LogP contribution is 2.02. The van der Waals surface area contributed by atoms with Crippen molar-refractivity contribution in [2.24, 2.45) is 4.99 Å². The van der Waals surface area contributed by atoms with Crippen molar-refractivity contribution in [2.75, 3.05) is 32.7 Å². The fourth-order valence-electron chi connectivity index (χ4n) is 1.46. The van der Waals surface area contributed by atoms with Crippen LogP contribution in [0.5, 0.6) is 0 Å². The molecule has 0 radical (unpaired) electrons. The van der Waals surface area contributed by atoms with Crippen LogP contribution in [-0.4, -0.2) is 44.3 Å². The molecule has 3 heteroatoms. The number of allylic oxidation sites excluding steroid dienone is 3. The number of aliphatic imine (C=N–C) groups is 1. The molecule has 0 aromatic heterocycles. The number of nitrogens with one attached hydrogen (secondary N) is 1. The number of nitrogens with zero attached hydrogens (tertiary/aromatic N) is 2. The van der Waals surface area contributed by atoms with Crippen molar-refractivity contribution in [1.82, 2.24) is 10.2 Å². The van der Waals surface area contributed by atoms with Crippen LogP contribution >= 0.6 is 0 Å². The van der Waals surface area contributed by atoms with Crippen molar-refractivity contribution < 1.29 is 0 Å². The number of rotatable bonds is 4. The molecule has 0 aliphatic carbocycles. The lowest BCUT2D eigenvalue weighted by atomic mass is 10.3. The highest BCUT2D eigenvalue weighted by atomic mass is 15.2. The van der Waals surface area contributed by atoms with E-state index in [4.69, 9.17) is 0 Å². The third kappa shape index (κ3) is 3.85. The van der Waals surface area contributed by atoms with Crippen LogP contribution in [0.1, 0.15) is 6.92 Å². The van der Waals surface area contributed by atoms with Gasteiger partial charge in [0, 0.05) is 32.7 Å². The Hall–Kier alpha value is -0.930. The van der Waals surface area contributed by atoms with Crippen LogP contribution < -0.4 is 5.32 Å². The van der Waals surface area contributed by atoms with E-state index >= 15 is 0 Å². The first-order valence-corrected chi connectivity index (χ1v) is 5.08. The minimum absolute atomic E-state index is 0.912. The molecule has 78 valence electrons. The number of hydrogen-bond donors (Lipinski definition) is 1. The summed E-state index contributed by atoms with van der Waals surface area (Å²) in [7, 11) is 0. The van der Waals surface area contributed by atoms with Crippen LogP contribution in [0.15, 0.2) is 28.9 Å². The summed E-state index contributed by atoms with van der Waals surface area (Å²) in [4.78, 5) is 6.41. The largest absolute Gasteiger partial charge is 0.314 e. The van der Waals surface area contributed by atoms with Crippen LogP contribution in [0.3, 0.4) is 0 Å². The Bertz CT molecular complexity index is 225. The van der Waals surface area contributed by atoms with Gasteiger partial charge < -0.3 is 5.32 Å². The van der Waals surface area contributed by atoms with Crippen molar-refractivity contribution >= 4 is 6.72 Å². The summed E-state index contributed by atoms with van der Waals surface area (Å²) in [6.45, 7) is 10.9. The van der Waals surface area contributed by atoms with E-state index < -0.39 is 0 Å². The molecule has 14 heavy (non-hydrogen) atoms. The molecule has 1 rings (SSSR count). The molecule has 0 saturated carbocycles. The van der Waals surface area contributed by atoms with Crippen molar-refractivity contribution in [1.29, 1.82) is 0 Å². The van der Waals surface area contributed by atoms with Gasteiger partial charge in [0.1, 0.15) is 0 Å². The lowest BCUT2D eigenvalue weighted by Gasteiger charge is -2.26. The molecule has 0 aromatic rings. The van der Waals surface area contributed by atoms with Crippen LogP contribution in [-0.2, 0) is 0 Å². The van der Waals surface area contributed by atoms with Gasteiger partial charge >= 0.3 is 0 Å². The fraction of sp³-hybridized carbons (Fsp3) is 0.545. The molecule has 0 aromatic carbocycles. The lowest BCUT2D eigenvalue weighted by Crippen LogP contribution is -2.44. The minimum Gasteiger partial charge on any atom is -0.314 e. The van der Waals surface area contributed by atoms with Crippen LogP contribution in [0.25, 0.3) is 0 Å². The molecule has 0 spiro atoms. The van der Waals surface area contributed by atoms with Crippen molar-refractivity contribution in [2.45, 2.75) is 6.92 Å². The molecule has 1 aliphatic rings. The second-order valence-corrected chi connectivity index (χ2v) is 3.37. The smallest absolute Gasteiger partial charge is 0.0536 e. The van der Waals surface area contributed by atoms with E-state index in [0.29, 0.717) is 0 Å². The van der Waals surface area contributed by atoms with Crippen molar-refractivity contribution in [3.63, 3.8) is 0 Å². The van der Waals surface area contributed by atoms with Gasteiger partial charge in [-0.1, -0.05) is 12.2 Å². The monoisotopic (exact) mass is 193 g/mol. The van der Waals surface area contributed by atoms with Gasteiger partial charge in [0.15, 0.2) is 0 Å². The Labute approximate surface area is 86.2 Å². The first-order chi connectivity index (χ1) is 6.86. The molecular formula is C11H19N3. The average Bonchev–Trinajstić information content (AvgIpc) is 2.25. The molecule has 0 bridgehead atoms. The second-order valence-electron chi connectivity index (χ2n) is 3.37. The molecule has 0 amide bonds. The molecule has 0 unspecified atom stereocenters. The molecule has 1 fully saturated rings. The summed E-state index contributed by atoms with van der Waals surface area (Å²) in [5, 5.41) is 3.33. The predicted octanol–water partition coefficient (Wildman–Crippen LogP) is 1.05. The quantitative estimate of drug-likeness (QED) is 0.534. The Morgan fingerprint density at radius 1 is 1.50 bits per heavy atom. The van der Waals surface area contributed by atoms with Crippen molar-refractivity contribution in [3.05, 3.63) is 23.9 Å². The molecular weight excluding hydrogens is 174 g/mol. The zero-order chi connectivity index (χ0) is 10.2. The molecule has 1 N–H and O–H groups in total. The highest BCUT2D eigenvalue weighted by Gasteiger charge is 2.09. The predicted molar refractivity (Wildman–Crippen MR) is 61.8 cm³/mol. The summed E-state index contributed by atoms with van der Waals surface area (Å²) in [6, 6.07) is 0. The van der Waals surface area contributed by atoms with Gasteiger partial charge in [0.05, 0.1) is 5.70 Å². The molecule has 1 aliphatic heterocycles. The Morgan fingerprint density at radius 2 is 2.21 bits per heavy atom. The van der Waals surface area contributed by atoms with Gasteiger partial charge in [-0.05, 0) is 19.7 Å². The van der Waals surface area contributed by atoms with Gasteiger partial charge in [-0.3, -0.25) is 9.89 Å². The summed E-state index contributed by atoms with van der Waals surface area (Å²) in [5.41, 5.74) is 1.05. The fourth-order valence-corrected chi connectivity index (χ4v) is 1.46. The SMILES string of the molecule is C=N/C(=C\C=C/C)CN1CCNCC1. The normalized spacial score (nSPS) is 20.2. The van der Waals surface area contributed by atoms with Gasteiger partial charge in [0.2, 0.25) is 0 Å². The Morgan fingerprint density at radius 3 is 2.79 bits per heavy atom. The first kappa shape index (κ1) is 11.1. The maximum absolute atomic E-state index is 4.02. The summed E-state index contributed by atoms with van der Waals surface area (Å²) >= 11 is 0. The molecule has 1 heterocycles. The molecule has 3 nitrogen and oxygen atoms in total. The van der Waals surface area contributed by atoms with Crippen LogP contribution in [0, 0.1) is 0 Å². The zero-order valence-electron chi connectivity index (χ0n) is 8.87. The van der Waals surface area contributed by atoms with Crippen molar-refractivity contribution in [3.8, 4) is 0 Å². The summed E-state index contributed by atoms with van der Waals surface area (Å²) < 4.78 is 0. The maximum atomic E-state index is 4.02. The third-order valence-corrected chi connectivity index (χ3v) is 2.28. The first-order valence-electron chi connectivity index (χ1n) is 5.08. The van der Waals surface area contributed by atoms with Crippen LogP contribution in [0.2, 0.25) is 0 Å². The summed E-state index contributed by atoms with van der Waals surface area (Å²) in [6.07, 6.45) is 6.03. The summed E-state index contributed by atoms with van der Waals surface area (Å²) in [5.74, 6) is 0. The van der Waals surface area contributed by atoms with E-state index in [2.05, 4.69) is 21.9 Å². The average molecular weight is 193 g/mol. The van der Waals surface area contributed by atoms with Gasteiger partial charge in [0.25, 0.3) is 0 Å². The molecule has 0 atom stereocenters. The van der Waals surface area contributed by atoms with E-state index in [-0.39, 0.29) is 0 Å².